The number of nitrogens with zero attached hydrogens (tertiary/aromatic N) is 2. The van der Waals surface area contributed by atoms with Gasteiger partial charge in [-0.2, -0.15) is 11.8 Å². The first-order chi connectivity index (χ1) is 10.5. The van der Waals surface area contributed by atoms with E-state index < -0.39 is 9.84 Å². The van der Waals surface area contributed by atoms with Gasteiger partial charge in [-0.1, -0.05) is 6.42 Å². The Hall–Kier alpha value is 0.220. The Morgan fingerprint density at radius 1 is 1.09 bits per heavy atom. The summed E-state index contributed by atoms with van der Waals surface area (Å²) in [5.74, 6) is 2.05. The number of rotatable bonds is 5. The molecule has 2 heterocycles. The zero-order chi connectivity index (χ0) is 15.6. The Bertz CT molecular complexity index is 455. The van der Waals surface area contributed by atoms with E-state index in [4.69, 9.17) is 0 Å². The van der Waals surface area contributed by atoms with Gasteiger partial charge < -0.3 is 4.90 Å². The average molecular weight is 347 g/mol. The molecule has 0 N–H and O–H groups in total. The van der Waals surface area contributed by atoms with Crippen molar-refractivity contribution in [2.24, 2.45) is 5.41 Å². The maximum atomic E-state index is 11.6. The predicted octanol–water partition coefficient (Wildman–Crippen LogP) is 1.71. The van der Waals surface area contributed by atoms with Crippen LogP contribution in [0.2, 0.25) is 0 Å². The standard InChI is InChI=1S/C16H30N2O2S2/c1-21-14-16(5-2-6-16)13-17-7-3-15(4-8-17)18-9-11-22(19,20)12-10-18/h15H,2-14H2,1H3. The second-order valence-corrected chi connectivity index (χ2v) is 10.7. The van der Waals surface area contributed by atoms with Crippen LogP contribution in [-0.4, -0.2) is 80.5 Å². The van der Waals surface area contributed by atoms with Crippen molar-refractivity contribution < 1.29 is 8.42 Å². The highest BCUT2D eigenvalue weighted by atomic mass is 32.2. The van der Waals surface area contributed by atoms with E-state index in [1.807, 2.05) is 11.8 Å². The monoisotopic (exact) mass is 346 g/mol. The summed E-state index contributed by atoms with van der Waals surface area (Å²) in [6.45, 7) is 5.19. The molecule has 0 bridgehead atoms. The largest absolute Gasteiger partial charge is 0.303 e. The minimum absolute atomic E-state index is 0.365. The van der Waals surface area contributed by atoms with Crippen LogP contribution in [0.25, 0.3) is 0 Å². The van der Waals surface area contributed by atoms with Gasteiger partial charge in [-0.3, -0.25) is 4.90 Å². The molecule has 2 saturated heterocycles. The fourth-order valence-corrected chi connectivity index (χ4v) is 6.56. The molecule has 0 atom stereocenters. The van der Waals surface area contributed by atoms with E-state index in [1.54, 1.807) is 0 Å². The molecule has 0 unspecified atom stereocenters. The van der Waals surface area contributed by atoms with Crippen LogP contribution in [0.1, 0.15) is 32.1 Å². The minimum atomic E-state index is -2.75. The van der Waals surface area contributed by atoms with Crippen LogP contribution in [0.5, 0.6) is 0 Å². The lowest BCUT2D eigenvalue weighted by atomic mass is 9.69. The molecule has 3 fully saturated rings. The molecule has 1 saturated carbocycles. The molecule has 3 aliphatic rings. The van der Waals surface area contributed by atoms with Crippen LogP contribution in [0.4, 0.5) is 0 Å². The van der Waals surface area contributed by atoms with Gasteiger partial charge in [-0.15, -0.1) is 0 Å². The molecule has 3 rings (SSSR count). The fourth-order valence-electron chi connectivity index (χ4n) is 4.34. The first-order valence-electron chi connectivity index (χ1n) is 8.68. The molecule has 2 aliphatic heterocycles. The molecule has 128 valence electrons. The number of hydrogen-bond donors (Lipinski definition) is 0. The lowest BCUT2D eigenvalue weighted by molar-refractivity contribution is 0.0523. The molecular formula is C16H30N2O2S2. The minimum Gasteiger partial charge on any atom is -0.303 e. The van der Waals surface area contributed by atoms with E-state index in [1.165, 1.54) is 57.5 Å². The highest BCUT2D eigenvalue weighted by Crippen LogP contribution is 2.44. The van der Waals surface area contributed by atoms with Gasteiger partial charge in [0.1, 0.15) is 0 Å². The third-order valence-electron chi connectivity index (χ3n) is 5.88. The van der Waals surface area contributed by atoms with Gasteiger partial charge in [-0.05, 0) is 56.2 Å². The van der Waals surface area contributed by atoms with Crippen molar-refractivity contribution in [1.29, 1.82) is 0 Å². The van der Waals surface area contributed by atoms with E-state index >= 15 is 0 Å². The quantitative estimate of drug-likeness (QED) is 0.758. The summed E-state index contributed by atoms with van der Waals surface area (Å²) in [5.41, 5.74) is 0.603. The SMILES string of the molecule is CSCC1(CN2CCC(N3CCS(=O)(=O)CC3)CC2)CCC1. The number of sulfone groups is 1. The highest BCUT2D eigenvalue weighted by Gasteiger charge is 2.39. The van der Waals surface area contributed by atoms with Crippen molar-refractivity contribution in [3.05, 3.63) is 0 Å². The Labute approximate surface area is 139 Å². The summed E-state index contributed by atoms with van der Waals surface area (Å²) in [4.78, 5) is 5.10. The zero-order valence-corrected chi connectivity index (χ0v) is 15.4. The lowest BCUT2D eigenvalue weighted by Gasteiger charge is -2.47. The molecule has 0 spiro atoms. The molecular weight excluding hydrogens is 316 g/mol. The molecule has 4 nitrogen and oxygen atoms in total. The third kappa shape index (κ3) is 4.00. The summed E-state index contributed by atoms with van der Waals surface area (Å²) in [6.07, 6.45) is 8.91. The van der Waals surface area contributed by atoms with E-state index in [9.17, 15) is 8.42 Å². The van der Waals surface area contributed by atoms with Crippen LogP contribution in [-0.2, 0) is 9.84 Å². The summed E-state index contributed by atoms with van der Waals surface area (Å²) in [5, 5.41) is 0. The van der Waals surface area contributed by atoms with Gasteiger partial charge >= 0.3 is 0 Å². The van der Waals surface area contributed by atoms with Gasteiger partial charge in [0.15, 0.2) is 9.84 Å². The normalized spacial score (nSPS) is 30.0. The second-order valence-electron chi connectivity index (χ2n) is 7.48. The third-order valence-corrected chi connectivity index (χ3v) is 8.39. The van der Waals surface area contributed by atoms with E-state index in [-0.39, 0.29) is 0 Å². The summed E-state index contributed by atoms with van der Waals surface area (Å²) >= 11 is 2.00. The van der Waals surface area contributed by atoms with Gasteiger partial charge in [0.2, 0.25) is 0 Å². The summed E-state index contributed by atoms with van der Waals surface area (Å²) < 4.78 is 23.1. The second kappa shape index (κ2) is 6.99. The zero-order valence-electron chi connectivity index (χ0n) is 13.8. The Kier molecular flexibility index (Phi) is 5.42. The lowest BCUT2D eigenvalue weighted by Crippen LogP contribution is -2.52. The number of thioether (sulfide) groups is 1. The molecule has 0 aromatic heterocycles. The van der Waals surface area contributed by atoms with Gasteiger partial charge in [0.25, 0.3) is 0 Å². The van der Waals surface area contributed by atoms with Crippen molar-refractivity contribution in [1.82, 2.24) is 9.80 Å². The maximum absolute atomic E-state index is 11.6. The van der Waals surface area contributed by atoms with Gasteiger partial charge in [0.05, 0.1) is 11.5 Å². The molecule has 0 radical (unpaired) electrons. The van der Waals surface area contributed by atoms with E-state index in [2.05, 4.69) is 16.1 Å². The van der Waals surface area contributed by atoms with Crippen molar-refractivity contribution in [2.75, 3.05) is 56.2 Å². The molecule has 0 amide bonds. The van der Waals surface area contributed by atoms with Gasteiger partial charge in [-0.25, -0.2) is 8.42 Å². The molecule has 6 heteroatoms. The van der Waals surface area contributed by atoms with Crippen LogP contribution in [0.15, 0.2) is 0 Å². The van der Waals surface area contributed by atoms with Crippen molar-refractivity contribution in [2.45, 2.75) is 38.1 Å². The smallest absolute Gasteiger partial charge is 0.152 e. The predicted molar refractivity (Wildman–Crippen MR) is 94.4 cm³/mol. The van der Waals surface area contributed by atoms with E-state index in [0.29, 0.717) is 23.0 Å². The molecule has 0 aromatic carbocycles. The molecule has 22 heavy (non-hydrogen) atoms. The van der Waals surface area contributed by atoms with Crippen molar-refractivity contribution >= 4 is 21.6 Å². The van der Waals surface area contributed by atoms with Gasteiger partial charge in [0, 0.05) is 25.7 Å². The molecule has 1 aliphatic carbocycles. The first kappa shape index (κ1) is 17.1. The Morgan fingerprint density at radius 2 is 1.73 bits per heavy atom. The number of hydrogen-bond acceptors (Lipinski definition) is 5. The Balaban J connectivity index is 1.44. The van der Waals surface area contributed by atoms with Crippen molar-refractivity contribution in [3.63, 3.8) is 0 Å². The average Bonchev–Trinajstić information content (AvgIpc) is 2.46. The van der Waals surface area contributed by atoms with Crippen LogP contribution >= 0.6 is 11.8 Å². The summed E-state index contributed by atoms with van der Waals surface area (Å²) in [7, 11) is -2.75. The van der Waals surface area contributed by atoms with Crippen molar-refractivity contribution in [3.8, 4) is 0 Å². The first-order valence-corrected chi connectivity index (χ1v) is 11.9. The fraction of sp³-hybridized carbons (Fsp3) is 1.00. The van der Waals surface area contributed by atoms with Crippen LogP contribution in [0, 0.1) is 5.41 Å². The number of piperidine rings is 1. The Morgan fingerprint density at radius 3 is 2.23 bits per heavy atom. The van der Waals surface area contributed by atoms with Crippen LogP contribution in [0.3, 0.4) is 0 Å². The maximum Gasteiger partial charge on any atom is 0.152 e. The number of likely N-dealkylation sites (tertiary alicyclic amines) is 1. The van der Waals surface area contributed by atoms with Crippen LogP contribution < -0.4 is 0 Å². The highest BCUT2D eigenvalue weighted by molar-refractivity contribution is 7.98. The molecule has 0 aromatic rings. The topological polar surface area (TPSA) is 40.6 Å². The van der Waals surface area contributed by atoms with E-state index in [0.717, 1.165) is 13.1 Å². The summed E-state index contributed by atoms with van der Waals surface area (Å²) in [6, 6.07) is 0.615.